The molecule has 0 amide bonds. The Balaban J connectivity index is 0.00000225. The fourth-order valence-electron chi connectivity index (χ4n) is 2.58. The van der Waals surface area contributed by atoms with E-state index < -0.39 is 10.0 Å². The van der Waals surface area contributed by atoms with Crippen LogP contribution in [0.2, 0.25) is 0 Å². The Morgan fingerprint density at radius 3 is 2.52 bits per heavy atom. The van der Waals surface area contributed by atoms with Gasteiger partial charge in [0.15, 0.2) is 0 Å². The number of nitrogens with one attached hydrogen (secondary N) is 1. The van der Waals surface area contributed by atoms with Crippen LogP contribution in [0.15, 0.2) is 53.4 Å². The predicted molar refractivity (Wildman–Crippen MR) is 101 cm³/mol. The molecule has 6 nitrogen and oxygen atoms in total. The first-order valence-electron chi connectivity index (χ1n) is 7.70. The Labute approximate surface area is 154 Å². The third-order valence-electron chi connectivity index (χ3n) is 3.77. The van der Waals surface area contributed by atoms with E-state index in [2.05, 4.69) is 5.32 Å². The van der Waals surface area contributed by atoms with Crippen molar-refractivity contribution < 1.29 is 17.9 Å². The second-order valence-corrected chi connectivity index (χ2v) is 7.20. The number of ether oxygens (including phenoxy) is 2. The normalized spacial score (nSPS) is 13.4. The Morgan fingerprint density at radius 1 is 1.08 bits per heavy atom. The number of hydrogen-bond donors (Lipinski definition) is 1. The van der Waals surface area contributed by atoms with Crippen molar-refractivity contribution in [2.45, 2.75) is 4.90 Å². The van der Waals surface area contributed by atoms with Gasteiger partial charge in [-0.15, -0.1) is 12.4 Å². The molecule has 1 N–H and O–H groups in total. The maximum absolute atomic E-state index is 13.0. The quantitative estimate of drug-likeness (QED) is 0.775. The summed E-state index contributed by atoms with van der Waals surface area (Å²) in [6.45, 7) is 1.88. The summed E-state index contributed by atoms with van der Waals surface area (Å²) in [6.07, 6.45) is 0. The number of rotatable bonds is 6. The molecule has 1 heterocycles. The predicted octanol–water partition coefficient (Wildman–Crippen LogP) is 2.75. The van der Waals surface area contributed by atoms with E-state index in [0.29, 0.717) is 37.7 Å². The zero-order valence-electron chi connectivity index (χ0n) is 13.8. The molecule has 136 valence electrons. The molecule has 2 aromatic carbocycles. The zero-order valence-corrected chi connectivity index (χ0v) is 15.5. The van der Waals surface area contributed by atoms with E-state index >= 15 is 0 Å². The molecule has 25 heavy (non-hydrogen) atoms. The summed E-state index contributed by atoms with van der Waals surface area (Å²) in [7, 11) is -2.00. The summed E-state index contributed by atoms with van der Waals surface area (Å²) >= 11 is 0. The number of anilines is 2. The topological polar surface area (TPSA) is 67.9 Å². The molecule has 3 rings (SSSR count). The number of halogens is 1. The van der Waals surface area contributed by atoms with Gasteiger partial charge in [-0.2, -0.15) is 0 Å². The smallest absolute Gasteiger partial charge is 0.264 e. The summed E-state index contributed by atoms with van der Waals surface area (Å²) < 4.78 is 37.8. The summed E-state index contributed by atoms with van der Waals surface area (Å²) in [6, 6.07) is 13.9. The van der Waals surface area contributed by atoms with E-state index in [1.54, 1.807) is 37.4 Å². The maximum Gasteiger partial charge on any atom is 0.264 e. The lowest BCUT2D eigenvalue weighted by atomic mass is 10.2. The fraction of sp³-hybridized carbons (Fsp3) is 0.294. The van der Waals surface area contributed by atoms with Crippen LogP contribution in [-0.2, 0) is 14.8 Å². The SMILES string of the molecule is COCCOc1ccc(S(=O)(=O)N2CCNc3ccccc32)cc1.Cl. The molecule has 0 unspecified atom stereocenters. The van der Waals surface area contributed by atoms with Crippen LogP contribution < -0.4 is 14.4 Å². The van der Waals surface area contributed by atoms with Crippen LogP contribution in [-0.4, -0.2) is 41.8 Å². The van der Waals surface area contributed by atoms with Crippen LogP contribution in [0.1, 0.15) is 0 Å². The van der Waals surface area contributed by atoms with E-state index in [4.69, 9.17) is 9.47 Å². The van der Waals surface area contributed by atoms with Gasteiger partial charge >= 0.3 is 0 Å². The molecule has 1 aliphatic heterocycles. The standard InChI is InChI=1S/C17H20N2O4S.ClH/c1-22-12-13-23-14-6-8-15(9-7-14)24(20,21)19-11-10-18-16-4-2-3-5-17(16)19;/h2-9,18H,10-13H2,1H3;1H. The van der Waals surface area contributed by atoms with Crippen LogP contribution in [0.4, 0.5) is 11.4 Å². The number of fused-ring (bicyclic) bond motifs is 1. The van der Waals surface area contributed by atoms with Crippen LogP contribution >= 0.6 is 12.4 Å². The lowest BCUT2D eigenvalue weighted by Gasteiger charge is -2.31. The van der Waals surface area contributed by atoms with E-state index in [0.717, 1.165) is 5.69 Å². The summed E-state index contributed by atoms with van der Waals surface area (Å²) in [5.41, 5.74) is 1.50. The van der Waals surface area contributed by atoms with Crippen molar-refractivity contribution in [1.82, 2.24) is 0 Å². The average Bonchev–Trinajstić information content (AvgIpc) is 2.62. The van der Waals surface area contributed by atoms with Gasteiger partial charge in [-0.05, 0) is 36.4 Å². The first-order valence-corrected chi connectivity index (χ1v) is 9.14. The summed E-state index contributed by atoms with van der Waals surface area (Å²) in [5, 5.41) is 3.22. The van der Waals surface area contributed by atoms with Crippen molar-refractivity contribution >= 4 is 33.8 Å². The van der Waals surface area contributed by atoms with Crippen molar-refractivity contribution in [2.75, 3.05) is 43.0 Å². The average molecular weight is 385 g/mol. The van der Waals surface area contributed by atoms with E-state index in [1.165, 1.54) is 4.31 Å². The van der Waals surface area contributed by atoms with Gasteiger partial charge in [0, 0.05) is 13.7 Å². The highest BCUT2D eigenvalue weighted by Crippen LogP contribution is 2.33. The number of para-hydroxylation sites is 2. The molecule has 0 aliphatic carbocycles. The van der Waals surface area contributed by atoms with Crippen LogP contribution in [0.3, 0.4) is 0 Å². The van der Waals surface area contributed by atoms with Gasteiger partial charge in [0.25, 0.3) is 10.0 Å². The molecule has 0 atom stereocenters. The van der Waals surface area contributed by atoms with Gasteiger partial charge in [0.2, 0.25) is 0 Å². The zero-order chi connectivity index (χ0) is 17.0. The first-order chi connectivity index (χ1) is 11.6. The van der Waals surface area contributed by atoms with Gasteiger partial charge in [-0.1, -0.05) is 12.1 Å². The molecule has 0 aromatic heterocycles. The summed E-state index contributed by atoms with van der Waals surface area (Å²) in [4.78, 5) is 0.248. The molecular formula is C17H21ClN2O4S. The second-order valence-electron chi connectivity index (χ2n) is 5.33. The van der Waals surface area contributed by atoms with Crippen LogP contribution in [0.5, 0.6) is 5.75 Å². The van der Waals surface area contributed by atoms with Crippen molar-refractivity contribution in [3.05, 3.63) is 48.5 Å². The van der Waals surface area contributed by atoms with Crippen LogP contribution in [0.25, 0.3) is 0 Å². The third kappa shape index (κ3) is 4.18. The van der Waals surface area contributed by atoms with Gasteiger partial charge < -0.3 is 14.8 Å². The van der Waals surface area contributed by atoms with Gasteiger partial charge in [0.1, 0.15) is 12.4 Å². The fourth-order valence-corrected chi connectivity index (χ4v) is 4.07. The molecule has 1 aliphatic rings. The molecule has 0 saturated carbocycles. The highest BCUT2D eigenvalue weighted by Gasteiger charge is 2.28. The Bertz CT molecular complexity index is 797. The Kier molecular flexibility index (Phi) is 6.52. The highest BCUT2D eigenvalue weighted by molar-refractivity contribution is 7.92. The van der Waals surface area contributed by atoms with Crippen molar-refractivity contribution in [1.29, 1.82) is 0 Å². The molecule has 2 aromatic rings. The number of benzene rings is 2. The first kappa shape index (κ1) is 19.4. The second kappa shape index (κ2) is 8.42. The monoisotopic (exact) mass is 384 g/mol. The lowest BCUT2D eigenvalue weighted by Crippen LogP contribution is -2.38. The molecule has 0 saturated heterocycles. The maximum atomic E-state index is 13.0. The number of hydrogen-bond acceptors (Lipinski definition) is 5. The Hall–Kier alpha value is -1.96. The van der Waals surface area contributed by atoms with Crippen molar-refractivity contribution in [3.63, 3.8) is 0 Å². The van der Waals surface area contributed by atoms with E-state index in [-0.39, 0.29) is 17.3 Å². The minimum Gasteiger partial charge on any atom is -0.491 e. The molecule has 8 heteroatoms. The minimum atomic E-state index is -3.60. The number of sulfonamides is 1. The molecular weight excluding hydrogens is 364 g/mol. The van der Waals surface area contributed by atoms with E-state index in [1.807, 2.05) is 18.2 Å². The summed E-state index contributed by atoms with van der Waals surface area (Å²) in [5.74, 6) is 0.617. The largest absolute Gasteiger partial charge is 0.491 e. The molecule has 0 radical (unpaired) electrons. The van der Waals surface area contributed by atoms with Gasteiger partial charge in [-0.25, -0.2) is 8.42 Å². The van der Waals surface area contributed by atoms with Gasteiger partial charge in [0.05, 0.1) is 29.4 Å². The molecule has 0 bridgehead atoms. The van der Waals surface area contributed by atoms with Gasteiger partial charge in [-0.3, -0.25) is 4.31 Å². The highest BCUT2D eigenvalue weighted by atomic mass is 35.5. The lowest BCUT2D eigenvalue weighted by molar-refractivity contribution is 0.146. The molecule has 0 spiro atoms. The number of nitrogens with zero attached hydrogens (tertiary/aromatic N) is 1. The Morgan fingerprint density at radius 2 is 1.80 bits per heavy atom. The minimum absolute atomic E-state index is 0. The molecule has 0 fully saturated rings. The number of methoxy groups -OCH3 is 1. The van der Waals surface area contributed by atoms with Crippen LogP contribution in [0, 0.1) is 0 Å². The van der Waals surface area contributed by atoms with Crippen molar-refractivity contribution in [3.8, 4) is 5.75 Å². The van der Waals surface area contributed by atoms with E-state index in [9.17, 15) is 8.42 Å². The van der Waals surface area contributed by atoms with Crippen molar-refractivity contribution in [2.24, 2.45) is 0 Å². The third-order valence-corrected chi connectivity index (χ3v) is 5.60.